The summed E-state index contributed by atoms with van der Waals surface area (Å²) < 4.78 is 37.4. The summed E-state index contributed by atoms with van der Waals surface area (Å²) in [6, 6.07) is 5.64. The molecule has 1 aliphatic carbocycles. The molecule has 2 aliphatic rings. The molecule has 7 heteroatoms. The first-order valence-electron chi connectivity index (χ1n) is 8.26. The summed E-state index contributed by atoms with van der Waals surface area (Å²) in [6.07, 6.45) is -3.13. The maximum atomic E-state index is 12.5. The van der Waals surface area contributed by atoms with Crippen molar-refractivity contribution < 1.29 is 18.0 Å². The fourth-order valence-corrected chi connectivity index (χ4v) is 3.50. The minimum absolute atomic E-state index is 0.458. The largest absolute Gasteiger partial charge is 0.471 e. The Kier molecular flexibility index (Phi) is 4.71. The highest BCUT2D eigenvalue weighted by Gasteiger charge is 2.40. The third kappa shape index (κ3) is 3.66. The molecular weight excluding hydrogens is 319 g/mol. The van der Waals surface area contributed by atoms with Gasteiger partial charge in [0.15, 0.2) is 0 Å². The molecule has 1 unspecified atom stereocenters. The lowest BCUT2D eigenvalue weighted by Gasteiger charge is -2.37. The first-order chi connectivity index (χ1) is 11.3. The third-order valence-corrected chi connectivity index (χ3v) is 4.90. The fraction of sp³-hybridized carbons (Fsp3) is 0.588. The van der Waals surface area contributed by atoms with Crippen LogP contribution in [0.5, 0.6) is 0 Å². The van der Waals surface area contributed by atoms with Gasteiger partial charge in [0, 0.05) is 37.9 Å². The Labute approximate surface area is 139 Å². The van der Waals surface area contributed by atoms with E-state index in [1.165, 1.54) is 5.56 Å². The summed E-state index contributed by atoms with van der Waals surface area (Å²) in [5.41, 5.74) is 3.37. The molecule has 0 aromatic heterocycles. The monoisotopic (exact) mass is 341 g/mol. The molecule has 3 rings (SSSR count). The number of piperazine rings is 1. The van der Waals surface area contributed by atoms with Gasteiger partial charge < -0.3 is 15.1 Å². The van der Waals surface area contributed by atoms with Crippen LogP contribution in [-0.2, 0) is 17.6 Å². The van der Waals surface area contributed by atoms with Gasteiger partial charge in [-0.1, -0.05) is 12.1 Å². The number of hydrogen-bond acceptors (Lipinski definition) is 3. The summed E-state index contributed by atoms with van der Waals surface area (Å²) in [4.78, 5) is 15.8. The molecular formula is C17H22F3N3O. The number of fused-ring (bicyclic) bond motifs is 1. The lowest BCUT2D eigenvalue weighted by Crippen LogP contribution is -2.47. The summed E-state index contributed by atoms with van der Waals surface area (Å²) in [7, 11) is 2.08. The predicted molar refractivity (Wildman–Crippen MR) is 86.2 cm³/mol. The van der Waals surface area contributed by atoms with E-state index in [-0.39, 0.29) is 0 Å². The second kappa shape index (κ2) is 6.63. The van der Waals surface area contributed by atoms with Crippen LogP contribution in [-0.4, -0.2) is 56.3 Å². The van der Waals surface area contributed by atoms with Crippen molar-refractivity contribution in [1.29, 1.82) is 0 Å². The molecule has 0 spiro atoms. The standard InChI is InChI=1S/C17H22F3N3O/c1-22-7-9-23(10-8-22)15-4-2-3-12-5-6-13(11-14(12)15)21-16(24)17(18,19)20/h2-4,13H,5-11H2,1H3,(H,21,24). The molecule has 4 nitrogen and oxygen atoms in total. The van der Waals surface area contributed by atoms with Crippen molar-refractivity contribution in [3.05, 3.63) is 29.3 Å². The van der Waals surface area contributed by atoms with Crippen molar-refractivity contribution in [1.82, 2.24) is 10.2 Å². The van der Waals surface area contributed by atoms with E-state index in [2.05, 4.69) is 22.2 Å². The van der Waals surface area contributed by atoms with E-state index in [1.807, 2.05) is 18.2 Å². The van der Waals surface area contributed by atoms with Crippen molar-refractivity contribution >= 4 is 11.6 Å². The van der Waals surface area contributed by atoms with Crippen molar-refractivity contribution in [3.63, 3.8) is 0 Å². The highest BCUT2D eigenvalue weighted by atomic mass is 19.4. The molecule has 1 N–H and O–H groups in total. The zero-order chi connectivity index (χ0) is 17.3. The topological polar surface area (TPSA) is 35.6 Å². The van der Waals surface area contributed by atoms with E-state index < -0.39 is 18.1 Å². The van der Waals surface area contributed by atoms with Crippen LogP contribution >= 0.6 is 0 Å². The van der Waals surface area contributed by atoms with Gasteiger partial charge in [-0.3, -0.25) is 4.79 Å². The SMILES string of the molecule is CN1CCN(c2cccc3c2CC(NC(=O)C(F)(F)F)CC3)CC1. The lowest BCUT2D eigenvalue weighted by molar-refractivity contribution is -0.174. The number of rotatable bonds is 2. The quantitative estimate of drug-likeness (QED) is 0.893. The minimum Gasteiger partial charge on any atom is -0.369 e. The van der Waals surface area contributed by atoms with Crippen molar-refractivity contribution in [3.8, 4) is 0 Å². The number of amides is 1. The van der Waals surface area contributed by atoms with Crippen LogP contribution in [0.25, 0.3) is 0 Å². The van der Waals surface area contributed by atoms with Crippen LogP contribution in [0.15, 0.2) is 18.2 Å². The summed E-state index contributed by atoms with van der Waals surface area (Å²) in [5, 5.41) is 2.15. The molecule has 1 aromatic carbocycles. The molecule has 1 saturated heterocycles. The van der Waals surface area contributed by atoms with Gasteiger partial charge in [0.2, 0.25) is 0 Å². The number of anilines is 1. The summed E-state index contributed by atoms with van der Waals surface area (Å²) >= 11 is 0. The number of nitrogens with zero attached hydrogens (tertiary/aromatic N) is 2. The predicted octanol–water partition coefficient (Wildman–Crippen LogP) is 1.97. The number of aryl methyl sites for hydroxylation is 1. The van der Waals surface area contributed by atoms with E-state index in [9.17, 15) is 18.0 Å². The summed E-state index contributed by atoms with van der Waals surface area (Å²) in [6.45, 7) is 3.76. The van der Waals surface area contributed by atoms with E-state index in [4.69, 9.17) is 0 Å². The molecule has 132 valence electrons. The highest BCUT2D eigenvalue weighted by molar-refractivity contribution is 5.82. The van der Waals surface area contributed by atoms with Crippen LogP contribution < -0.4 is 10.2 Å². The van der Waals surface area contributed by atoms with E-state index >= 15 is 0 Å². The number of carbonyl (C=O) groups is 1. The van der Waals surface area contributed by atoms with Crippen molar-refractivity contribution in [2.24, 2.45) is 0 Å². The Morgan fingerprint density at radius 3 is 2.58 bits per heavy atom. The number of alkyl halides is 3. The van der Waals surface area contributed by atoms with E-state index in [0.29, 0.717) is 19.3 Å². The smallest absolute Gasteiger partial charge is 0.369 e. The molecule has 1 aliphatic heterocycles. The maximum absolute atomic E-state index is 12.5. The molecule has 0 radical (unpaired) electrons. The van der Waals surface area contributed by atoms with Crippen molar-refractivity contribution in [2.75, 3.05) is 38.1 Å². The Hall–Kier alpha value is -1.76. The number of halogens is 3. The number of hydrogen-bond donors (Lipinski definition) is 1. The number of likely N-dealkylation sites (N-methyl/N-ethyl adjacent to an activating group) is 1. The fourth-order valence-electron chi connectivity index (χ4n) is 3.50. The Morgan fingerprint density at radius 2 is 1.92 bits per heavy atom. The van der Waals surface area contributed by atoms with E-state index in [1.54, 1.807) is 0 Å². The molecule has 24 heavy (non-hydrogen) atoms. The molecule has 1 atom stereocenters. The Balaban J connectivity index is 1.76. The van der Waals surface area contributed by atoms with Crippen LogP contribution in [0.4, 0.5) is 18.9 Å². The lowest BCUT2D eigenvalue weighted by atomic mass is 9.86. The normalized spacial score (nSPS) is 22.2. The van der Waals surface area contributed by atoms with Crippen molar-refractivity contribution in [2.45, 2.75) is 31.5 Å². The first-order valence-corrected chi connectivity index (χ1v) is 8.26. The first kappa shape index (κ1) is 17.1. The van der Waals surface area contributed by atoms with Crippen LogP contribution in [0.2, 0.25) is 0 Å². The molecule has 1 fully saturated rings. The van der Waals surface area contributed by atoms with Gasteiger partial charge in [-0.25, -0.2) is 0 Å². The zero-order valence-corrected chi connectivity index (χ0v) is 13.7. The molecule has 0 saturated carbocycles. The van der Waals surface area contributed by atoms with Gasteiger partial charge in [0.25, 0.3) is 0 Å². The van der Waals surface area contributed by atoms with E-state index in [0.717, 1.165) is 37.4 Å². The molecule has 1 heterocycles. The van der Waals surface area contributed by atoms with Gasteiger partial charge in [0.1, 0.15) is 0 Å². The third-order valence-electron chi connectivity index (χ3n) is 4.90. The Morgan fingerprint density at radius 1 is 1.21 bits per heavy atom. The van der Waals surface area contributed by atoms with Crippen LogP contribution in [0.1, 0.15) is 17.5 Å². The maximum Gasteiger partial charge on any atom is 0.471 e. The number of benzene rings is 1. The zero-order valence-electron chi connectivity index (χ0n) is 13.7. The second-order valence-electron chi connectivity index (χ2n) is 6.62. The molecule has 1 aromatic rings. The van der Waals surface area contributed by atoms with Gasteiger partial charge in [0.05, 0.1) is 0 Å². The second-order valence-corrected chi connectivity index (χ2v) is 6.62. The summed E-state index contributed by atoms with van der Waals surface area (Å²) in [5.74, 6) is -1.84. The number of nitrogens with one attached hydrogen (secondary N) is 1. The average molecular weight is 341 g/mol. The van der Waals surface area contributed by atoms with Crippen LogP contribution in [0, 0.1) is 0 Å². The van der Waals surface area contributed by atoms with Gasteiger partial charge >= 0.3 is 12.1 Å². The molecule has 0 bridgehead atoms. The average Bonchev–Trinajstić information content (AvgIpc) is 2.54. The van der Waals surface area contributed by atoms with Gasteiger partial charge in [-0.2, -0.15) is 13.2 Å². The Bertz CT molecular complexity index is 610. The minimum atomic E-state index is -4.82. The highest BCUT2D eigenvalue weighted by Crippen LogP contribution is 2.31. The van der Waals surface area contributed by atoms with Crippen LogP contribution in [0.3, 0.4) is 0 Å². The number of carbonyl (C=O) groups excluding carboxylic acids is 1. The van der Waals surface area contributed by atoms with Gasteiger partial charge in [-0.05, 0) is 43.5 Å². The molecule has 1 amide bonds. The van der Waals surface area contributed by atoms with Gasteiger partial charge in [-0.15, -0.1) is 0 Å².